The van der Waals surface area contributed by atoms with Crippen LogP contribution in [0, 0.1) is 6.92 Å². The number of aryl methyl sites for hydroxylation is 1. The maximum absolute atomic E-state index is 6.25. The summed E-state index contributed by atoms with van der Waals surface area (Å²) in [7, 11) is 0. The van der Waals surface area contributed by atoms with Crippen molar-refractivity contribution in [3.63, 3.8) is 0 Å². The van der Waals surface area contributed by atoms with E-state index in [1.165, 1.54) is 16.9 Å². The molecular weight excluding hydrogens is 316 g/mol. The summed E-state index contributed by atoms with van der Waals surface area (Å²) in [5, 5.41) is 14.6. The zero-order valence-electron chi connectivity index (χ0n) is 11.7. The molecule has 0 spiro atoms. The van der Waals surface area contributed by atoms with Gasteiger partial charge in [-0.2, -0.15) is 9.61 Å². The average molecular weight is 327 g/mol. The number of rotatable bonds is 2. The number of aromatic nitrogens is 4. The maximum Gasteiger partial charge on any atom is 0.235 e. The normalized spacial score (nSPS) is 11.2. The van der Waals surface area contributed by atoms with E-state index in [-0.39, 0.29) is 0 Å². The van der Waals surface area contributed by atoms with Crippen LogP contribution in [-0.2, 0) is 0 Å². The number of fused-ring (bicyclic) bond motifs is 1. The lowest BCUT2D eigenvalue weighted by molar-refractivity contribution is 0.970. The van der Waals surface area contributed by atoms with Gasteiger partial charge in [-0.15, -0.1) is 10.2 Å². The van der Waals surface area contributed by atoms with Gasteiger partial charge in [0.25, 0.3) is 0 Å². The summed E-state index contributed by atoms with van der Waals surface area (Å²) in [5.41, 5.74) is 3.09. The molecule has 6 heteroatoms. The molecule has 0 N–H and O–H groups in total. The first-order valence-corrected chi connectivity index (χ1v) is 7.96. The van der Waals surface area contributed by atoms with Gasteiger partial charge in [-0.3, -0.25) is 0 Å². The molecule has 0 aliphatic carbocycles. The summed E-state index contributed by atoms with van der Waals surface area (Å²) in [6, 6.07) is 15.8. The summed E-state index contributed by atoms with van der Waals surface area (Å²) >= 11 is 7.73. The molecule has 2 aromatic carbocycles. The SMILES string of the molecule is Cc1cccc(-c2nnc3sc(-c4ccccc4Cl)nn23)c1. The first-order chi connectivity index (χ1) is 10.7. The Kier molecular flexibility index (Phi) is 3.17. The van der Waals surface area contributed by atoms with E-state index in [1.807, 2.05) is 36.4 Å². The minimum Gasteiger partial charge on any atom is -0.182 e. The highest BCUT2D eigenvalue weighted by atomic mass is 35.5. The Morgan fingerprint density at radius 3 is 2.73 bits per heavy atom. The van der Waals surface area contributed by atoms with Crippen LogP contribution in [0.4, 0.5) is 0 Å². The van der Waals surface area contributed by atoms with Crippen molar-refractivity contribution >= 4 is 27.9 Å². The van der Waals surface area contributed by atoms with E-state index in [1.54, 1.807) is 4.52 Å². The van der Waals surface area contributed by atoms with Crippen molar-refractivity contribution in [2.24, 2.45) is 0 Å². The second-order valence-electron chi connectivity index (χ2n) is 4.97. The number of nitrogens with zero attached hydrogens (tertiary/aromatic N) is 4. The molecule has 4 nitrogen and oxygen atoms in total. The zero-order valence-corrected chi connectivity index (χ0v) is 13.3. The highest BCUT2D eigenvalue weighted by Crippen LogP contribution is 2.32. The lowest BCUT2D eigenvalue weighted by Gasteiger charge is -1.99. The van der Waals surface area contributed by atoms with Gasteiger partial charge in [0.15, 0.2) is 5.82 Å². The van der Waals surface area contributed by atoms with Crippen molar-refractivity contribution in [3.05, 3.63) is 59.1 Å². The van der Waals surface area contributed by atoms with E-state index in [0.29, 0.717) is 5.02 Å². The van der Waals surface area contributed by atoms with E-state index >= 15 is 0 Å². The fourth-order valence-electron chi connectivity index (χ4n) is 2.32. The second-order valence-corrected chi connectivity index (χ2v) is 6.34. The van der Waals surface area contributed by atoms with E-state index in [2.05, 4.69) is 34.4 Å². The molecule has 0 saturated heterocycles. The van der Waals surface area contributed by atoms with E-state index in [4.69, 9.17) is 11.6 Å². The predicted molar refractivity (Wildman–Crippen MR) is 89.3 cm³/mol. The van der Waals surface area contributed by atoms with Gasteiger partial charge in [0.1, 0.15) is 5.01 Å². The van der Waals surface area contributed by atoms with Gasteiger partial charge in [-0.05, 0) is 19.1 Å². The van der Waals surface area contributed by atoms with Crippen LogP contribution in [0.5, 0.6) is 0 Å². The zero-order chi connectivity index (χ0) is 15.1. The van der Waals surface area contributed by atoms with Gasteiger partial charge >= 0.3 is 0 Å². The van der Waals surface area contributed by atoms with Crippen molar-refractivity contribution in [3.8, 4) is 22.0 Å². The van der Waals surface area contributed by atoms with Crippen molar-refractivity contribution in [1.82, 2.24) is 19.8 Å². The second kappa shape index (κ2) is 5.19. The molecule has 0 unspecified atom stereocenters. The van der Waals surface area contributed by atoms with Gasteiger partial charge in [0.05, 0.1) is 5.02 Å². The lowest BCUT2D eigenvalue weighted by Crippen LogP contribution is -1.91. The minimum absolute atomic E-state index is 0.685. The Hall–Kier alpha value is -2.24. The largest absolute Gasteiger partial charge is 0.235 e. The summed E-state index contributed by atoms with van der Waals surface area (Å²) < 4.78 is 1.78. The average Bonchev–Trinajstić information content (AvgIpc) is 3.07. The van der Waals surface area contributed by atoms with Crippen molar-refractivity contribution in [2.45, 2.75) is 6.92 Å². The molecule has 22 heavy (non-hydrogen) atoms. The van der Waals surface area contributed by atoms with Crippen LogP contribution in [0.15, 0.2) is 48.5 Å². The predicted octanol–water partition coefficient (Wildman–Crippen LogP) is 4.48. The van der Waals surface area contributed by atoms with Gasteiger partial charge in [0.2, 0.25) is 4.96 Å². The van der Waals surface area contributed by atoms with Crippen molar-refractivity contribution in [1.29, 1.82) is 0 Å². The van der Waals surface area contributed by atoms with Crippen LogP contribution in [0.3, 0.4) is 0 Å². The highest BCUT2D eigenvalue weighted by Gasteiger charge is 2.15. The quantitative estimate of drug-likeness (QED) is 0.545. The number of benzene rings is 2. The summed E-state index contributed by atoms with van der Waals surface area (Å²) in [6.45, 7) is 2.05. The molecule has 0 fully saturated rings. The Balaban J connectivity index is 1.88. The van der Waals surface area contributed by atoms with E-state index in [9.17, 15) is 0 Å². The van der Waals surface area contributed by atoms with Gasteiger partial charge in [-0.1, -0.05) is 64.9 Å². The molecule has 0 saturated carbocycles. The molecule has 0 aliphatic heterocycles. The molecule has 0 atom stereocenters. The maximum atomic E-state index is 6.25. The molecule has 0 bridgehead atoms. The van der Waals surface area contributed by atoms with Gasteiger partial charge < -0.3 is 0 Å². The van der Waals surface area contributed by atoms with Crippen molar-refractivity contribution < 1.29 is 0 Å². The standard InChI is InChI=1S/C16H11ClN4S/c1-10-5-4-6-11(9-10)14-18-19-16-21(14)20-15(22-16)12-7-2-3-8-13(12)17/h2-9H,1H3. The topological polar surface area (TPSA) is 43.1 Å². The van der Waals surface area contributed by atoms with Crippen LogP contribution in [-0.4, -0.2) is 19.8 Å². The monoisotopic (exact) mass is 326 g/mol. The Morgan fingerprint density at radius 1 is 1.05 bits per heavy atom. The molecule has 4 rings (SSSR count). The summed E-state index contributed by atoms with van der Waals surface area (Å²) in [4.78, 5) is 0.756. The lowest BCUT2D eigenvalue weighted by atomic mass is 10.1. The first kappa shape index (κ1) is 13.4. The van der Waals surface area contributed by atoms with Crippen LogP contribution < -0.4 is 0 Å². The van der Waals surface area contributed by atoms with Crippen LogP contribution in [0.2, 0.25) is 5.02 Å². The number of hydrogen-bond acceptors (Lipinski definition) is 4. The highest BCUT2D eigenvalue weighted by molar-refractivity contribution is 7.19. The third-order valence-corrected chi connectivity index (χ3v) is 4.63. The van der Waals surface area contributed by atoms with E-state index < -0.39 is 0 Å². The molecule has 2 aromatic heterocycles. The molecule has 0 radical (unpaired) electrons. The molecule has 108 valence electrons. The molecule has 2 heterocycles. The number of halogens is 1. The Bertz CT molecular complexity index is 973. The van der Waals surface area contributed by atoms with Crippen LogP contribution in [0.25, 0.3) is 26.9 Å². The smallest absolute Gasteiger partial charge is 0.182 e. The van der Waals surface area contributed by atoms with Gasteiger partial charge in [-0.25, -0.2) is 0 Å². The summed E-state index contributed by atoms with van der Waals surface area (Å²) in [6.07, 6.45) is 0. The third-order valence-electron chi connectivity index (χ3n) is 3.37. The fraction of sp³-hybridized carbons (Fsp3) is 0.0625. The Morgan fingerprint density at radius 2 is 1.91 bits per heavy atom. The Labute approximate surface area is 136 Å². The fourth-order valence-corrected chi connectivity index (χ4v) is 3.48. The van der Waals surface area contributed by atoms with Crippen LogP contribution >= 0.6 is 22.9 Å². The summed E-state index contributed by atoms with van der Waals surface area (Å²) in [5.74, 6) is 0.744. The first-order valence-electron chi connectivity index (χ1n) is 6.76. The molecular formula is C16H11ClN4S. The number of hydrogen-bond donors (Lipinski definition) is 0. The van der Waals surface area contributed by atoms with Gasteiger partial charge in [0, 0.05) is 11.1 Å². The molecule has 0 aliphatic rings. The van der Waals surface area contributed by atoms with Crippen molar-refractivity contribution in [2.75, 3.05) is 0 Å². The van der Waals surface area contributed by atoms with E-state index in [0.717, 1.165) is 26.9 Å². The third kappa shape index (κ3) is 2.19. The molecule has 4 aromatic rings. The minimum atomic E-state index is 0.685. The van der Waals surface area contributed by atoms with Crippen LogP contribution in [0.1, 0.15) is 5.56 Å². The molecule has 0 amide bonds.